The minimum Gasteiger partial charge on any atom is -0.309 e. The average molecular weight is 869 g/mol. The van der Waals surface area contributed by atoms with Gasteiger partial charge in [-0.05, 0) is 139 Å². The summed E-state index contributed by atoms with van der Waals surface area (Å²) >= 11 is 0. The molecule has 0 saturated heterocycles. The predicted molar refractivity (Wildman–Crippen MR) is 287 cm³/mol. The first-order valence-electron chi connectivity index (χ1n) is 24.0. The second kappa shape index (κ2) is 14.2. The number of rotatable bonds is 5. The van der Waals surface area contributed by atoms with Crippen LogP contribution >= 0.6 is 0 Å². The van der Waals surface area contributed by atoms with Crippen molar-refractivity contribution in [2.75, 3.05) is 0 Å². The molecule has 0 bridgehead atoms. The van der Waals surface area contributed by atoms with Crippen molar-refractivity contribution in [2.45, 2.75) is 38.5 Å². The molecule has 0 amide bonds. The van der Waals surface area contributed by atoms with Crippen LogP contribution in [0.4, 0.5) is 0 Å². The summed E-state index contributed by atoms with van der Waals surface area (Å²) in [6.45, 7) is 9.54. The van der Waals surface area contributed by atoms with Gasteiger partial charge in [0.1, 0.15) is 0 Å². The molecule has 0 radical (unpaired) electrons. The van der Waals surface area contributed by atoms with Gasteiger partial charge >= 0.3 is 0 Å². The first kappa shape index (κ1) is 39.0. The topological polar surface area (TPSA) is 9.86 Å². The van der Waals surface area contributed by atoms with Gasteiger partial charge in [-0.25, -0.2) is 0 Å². The van der Waals surface area contributed by atoms with Crippen molar-refractivity contribution in [1.29, 1.82) is 0 Å². The quantitative estimate of drug-likeness (QED) is 0.163. The van der Waals surface area contributed by atoms with Crippen LogP contribution in [0.15, 0.2) is 218 Å². The SMILES string of the molecule is CC1(C)c2ccccc2-c2c(-c3cc(-c4cccc5c4-c4ccccc4C5(C)C)c4c(c3)c3cc(-c5ccc6c(c5)c5ccccc5n6-c5ccccc5)ccc3n4-c3ccccc3)cccc21. The van der Waals surface area contributed by atoms with Crippen LogP contribution in [0.5, 0.6) is 0 Å². The van der Waals surface area contributed by atoms with Crippen molar-refractivity contribution in [3.63, 3.8) is 0 Å². The van der Waals surface area contributed by atoms with Crippen LogP contribution in [0.1, 0.15) is 49.9 Å². The van der Waals surface area contributed by atoms with Gasteiger partial charge in [0.15, 0.2) is 0 Å². The molecule has 0 unspecified atom stereocenters. The summed E-state index contributed by atoms with van der Waals surface area (Å²) in [5, 5.41) is 4.98. The van der Waals surface area contributed by atoms with Crippen molar-refractivity contribution in [3.05, 3.63) is 241 Å². The first-order valence-corrected chi connectivity index (χ1v) is 24.0. The summed E-state index contributed by atoms with van der Waals surface area (Å²) in [5.41, 5.74) is 25.2. The number of para-hydroxylation sites is 3. The van der Waals surface area contributed by atoms with E-state index in [4.69, 9.17) is 0 Å². The molecule has 2 heteroatoms. The molecule has 2 aliphatic rings. The molecule has 10 aromatic carbocycles. The number of hydrogen-bond acceptors (Lipinski definition) is 0. The van der Waals surface area contributed by atoms with E-state index in [2.05, 4.69) is 255 Å². The number of aromatic nitrogens is 2. The van der Waals surface area contributed by atoms with E-state index in [0.717, 1.165) is 5.69 Å². The molecule has 12 aromatic rings. The molecule has 0 spiro atoms. The zero-order valence-electron chi connectivity index (χ0n) is 38.7. The van der Waals surface area contributed by atoms with Crippen LogP contribution in [0.2, 0.25) is 0 Å². The van der Waals surface area contributed by atoms with Crippen LogP contribution in [0.25, 0.3) is 111 Å². The van der Waals surface area contributed by atoms with Crippen molar-refractivity contribution in [2.24, 2.45) is 0 Å². The molecule has 2 aromatic heterocycles. The molecule has 14 rings (SSSR count). The van der Waals surface area contributed by atoms with Crippen molar-refractivity contribution < 1.29 is 0 Å². The maximum Gasteiger partial charge on any atom is 0.0620 e. The molecule has 68 heavy (non-hydrogen) atoms. The van der Waals surface area contributed by atoms with E-state index in [1.807, 2.05) is 0 Å². The van der Waals surface area contributed by atoms with Gasteiger partial charge in [-0.3, -0.25) is 0 Å². The highest BCUT2D eigenvalue weighted by atomic mass is 15.0. The Morgan fingerprint density at radius 3 is 1.35 bits per heavy atom. The van der Waals surface area contributed by atoms with E-state index in [9.17, 15) is 0 Å². The Hall–Kier alpha value is -8.20. The number of hydrogen-bond donors (Lipinski definition) is 0. The smallest absolute Gasteiger partial charge is 0.0620 e. The Bertz CT molecular complexity index is 4060. The Morgan fingerprint density at radius 2 is 0.721 bits per heavy atom. The molecule has 0 aliphatic heterocycles. The molecular formula is C66H48N2. The third kappa shape index (κ3) is 5.34. The maximum absolute atomic E-state index is 2.53. The summed E-state index contributed by atoms with van der Waals surface area (Å²) in [7, 11) is 0. The Morgan fingerprint density at radius 1 is 0.279 bits per heavy atom. The average Bonchev–Trinajstić information content (AvgIpc) is 4.05. The van der Waals surface area contributed by atoms with Gasteiger partial charge in [-0.15, -0.1) is 0 Å². The van der Waals surface area contributed by atoms with Crippen LogP contribution in [0.3, 0.4) is 0 Å². The largest absolute Gasteiger partial charge is 0.309 e. The molecule has 0 atom stereocenters. The molecule has 2 heterocycles. The van der Waals surface area contributed by atoms with Gasteiger partial charge in [-0.2, -0.15) is 0 Å². The van der Waals surface area contributed by atoms with Crippen LogP contribution in [0, 0.1) is 0 Å². The Labute approximate surface area is 397 Å². The Kier molecular flexibility index (Phi) is 8.12. The van der Waals surface area contributed by atoms with Crippen molar-refractivity contribution in [3.8, 4) is 67.0 Å². The molecule has 0 fully saturated rings. The number of fused-ring (bicyclic) bond motifs is 12. The monoisotopic (exact) mass is 868 g/mol. The van der Waals surface area contributed by atoms with E-state index in [1.54, 1.807) is 0 Å². The van der Waals surface area contributed by atoms with E-state index in [1.165, 1.54) is 127 Å². The highest BCUT2D eigenvalue weighted by Crippen LogP contribution is 2.56. The zero-order valence-corrected chi connectivity index (χ0v) is 38.7. The second-order valence-corrected chi connectivity index (χ2v) is 20.0. The molecule has 322 valence electrons. The minimum atomic E-state index is -0.135. The van der Waals surface area contributed by atoms with E-state index < -0.39 is 0 Å². The number of nitrogens with zero attached hydrogens (tertiary/aromatic N) is 2. The van der Waals surface area contributed by atoms with E-state index in [0.29, 0.717) is 0 Å². The van der Waals surface area contributed by atoms with Crippen LogP contribution in [-0.2, 0) is 10.8 Å². The zero-order chi connectivity index (χ0) is 45.5. The fraction of sp³-hybridized carbons (Fsp3) is 0.0909. The summed E-state index contributed by atoms with van der Waals surface area (Å²) in [5.74, 6) is 0. The lowest BCUT2D eigenvalue weighted by atomic mass is 9.81. The minimum absolute atomic E-state index is 0.114. The summed E-state index contributed by atoms with van der Waals surface area (Å²) in [6.07, 6.45) is 0. The molecule has 2 aliphatic carbocycles. The molecule has 0 N–H and O–H groups in total. The van der Waals surface area contributed by atoms with Gasteiger partial charge in [0, 0.05) is 49.3 Å². The highest BCUT2D eigenvalue weighted by molar-refractivity contribution is 6.18. The highest BCUT2D eigenvalue weighted by Gasteiger charge is 2.39. The number of benzene rings is 10. The van der Waals surface area contributed by atoms with Gasteiger partial charge < -0.3 is 9.13 Å². The molecule has 2 nitrogen and oxygen atoms in total. The third-order valence-electron chi connectivity index (χ3n) is 15.7. The van der Waals surface area contributed by atoms with Gasteiger partial charge in [0.2, 0.25) is 0 Å². The van der Waals surface area contributed by atoms with Gasteiger partial charge in [0.25, 0.3) is 0 Å². The molecule has 0 saturated carbocycles. The van der Waals surface area contributed by atoms with Crippen molar-refractivity contribution in [1.82, 2.24) is 9.13 Å². The van der Waals surface area contributed by atoms with Gasteiger partial charge in [-0.1, -0.05) is 179 Å². The van der Waals surface area contributed by atoms with E-state index >= 15 is 0 Å². The van der Waals surface area contributed by atoms with Crippen molar-refractivity contribution >= 4 is 43.6 Å². The fourth-order valence-corrected chi connectivity index (χ4v) is 12.5. The lowest BCUT2D eigenvalue weighted by Crippen LogP contribution is -2.14. The fourth-order valence-electron chi connectivity index (χ4n) is 12.5. The standard InChI is InChI=1S/C66H48N2/c1-65(2)55-28-14-11-24-49(55)62-46(26-17-30-57(62)65)43-39-53(48-27-18-31-58-63(48)50-25-12-15-29-56(50)66(58,3)4)64-54(40-43)52-38-42(34-36-61(52)68(64)45-21-9-6-10-22-45)41-33-35-60-51(37-41)47-23-13-16-32-59(47)67(60)44-19-7-5-8-20-44/h5-40H,1-4H3. The summed E-state index contributed by atoms with van der Waals surface area (Å²) < 4.78 is 4.93. The normalized spacial score (nSPS) is 14.1. The van der Waals surface area contributed by atoms with Crippen LogP contribution in [-0.4, -0.2) is 9.13 Å². The third-order valence-corrected chi connectivity index (χ3v) is 15.7. The Balaban J connectivity index is 1.09. The lowest BCUT2D eigenvalue weighted by molar-refractivity contribution is 0.660. The maximum atomic E-state index is 2.53. The molecular weight excluding hydrogens is 821 g/mol. The predicted octanol–water partition coefficient (Wildman–Crippen LogP) is 17.5. The summed E-state index contributed by atoms with van der Waals surface area (Å²) in [4.78, 5) is 0. The summed E-state index contributed by atoms with van der Waals surface area (Å²) in [6, 6.07) is 81.9. The lowest BCUT2D eigenvalue weighted by Gasteiger charge is -2.22. The second-order valence-electron chi connectivity index (χ2n) is 20.0. The van der Waals surface area contributed by atoms with E-state index in [-0.39, 0.29) is 10.8 Å². The van der Waals surface area contributed by atoms with Crippen LogP contribution < -0.4 is 0 Å². The first-order chi connectivity index (χ1) is 33.3. The van der Waals surface area contributed by atoms with Gasteiger partial charge in [0.05, 0.1) is 22.1 Å².